The fourth-order valence-electron chi connectivity index (χ4n) is 1.74. The third-order valence-corrected chi connectivity index (χ3v) is 3.17. The first-order valence-corrected chi connectivity index (χ1v) is 7.04. The monoisotopic (exact) mass is 313 g/mol. The molecule has 0 saturated carbocycles. The molecule has 0 spiro atoms. The Morgan fingerprint density at radius 3 is 2.76 bits per heavy atom. The molecule has 1 rings (SSSR count). The number of hydrogen-bond acceptors (Lipinski definition) is 4. The third-order valence-electron chi connectivity index (χ3n) is 2.93. The van der Waals surface area contributed by atoms with Gasteiger partial charge in [0.25, 0.3) is 0 Å². The standard InChI is InChI=1S/C14H20ClN3O3/c1-9-3-4-10(15)7-11(9)18-13(19)8-12(14(20)21)17-6-2-5-16/h3-4,7,12,17H,2,5-6,8,16H2,1H3,(H,18,19)(H,20,21)/t12-/m0/s1. The summed E-state index contributed by atoms with van der Waals surface area (Å²) in [5.41, 5.74) is 6.79. The molecule has 0 fully saturated rings. The van der Waals surface area contributed by atoms with E-state index in [0.717, 1.165) is 5.56 Å². The normalized spacial score (nSPS) is 12.0. The molecule has 5 N–H and O–H groups in total. The average molecular weight is 314 g/mol. The van der Waals surface area contributed by atoms with Crippen LogP contribution in [-0.2, 0) is 9.59 Å². The number of nitrogens with one attached hydrogen (secondary N) is 2. The van der Waals surface area contributed by atoms with Crippen LogP contribution in [0.2, 0.25) is 5.02 Å². The summed E-state index contributed by atoms with van der Waals surface area (Å²) in [6, 6.07) is 4.20. The quantitative estimate of drug-likeness (QED) is 0.543. The molecule has 0 bridgehead atoms. The number of amides is 1. The molecular weight excluding hydrogens is 294 g/mol. The Balaban J connectivity index is 2.61. The molecule has 0 aromatic heterocycles. The van der Waals surface area contributed by atoms with Crippen LogP contribution in [0.4, 0.5) is 5.69 Å². The molecule has 0 heterocycles. The van der Waals surface area contributed by atoms with Crippen molar-refractivity contribution in [1.29, 1.82) is 0 Å². The fourth-order valence-corrected chi connectivity index (χ4v) is 1.91. The number of carbonyl (C=O) groups excluding carboxylic acids is 1. The van der Waals surface area contributed by atoms with E-state index in [1.807, 2.05) is 6.92 Å². The van der Waals surface area contributed by atoms with Crippen molar-refractivity contribution in [1.82, 2.24) is 5.32 Å². The summed E-state index contributed by atoms with van der Waals surface area (Å²) in [5.74, 6) is -1.45. The molecule has 0 aliphatic rings. The van der Waals surface area contributed by atoms with E-state index in [9.17, 15) is 9.59 Å². The van der Waals surface area contributed by atoms with E-state index in [0.29, 0.717) is 30.2 Å². The number of halogens is 1. The van der Waals surface area contributed by atoms with Crippen molar-refractivity contribution in [3.05, 3.63) is 28.8 Å². The third kappa shape index (κ3) is 6.12. The lowest BCUT2D eigenvalue weighted by Gasteiger charge is -2.15. The molecule has 7 heteroatoms. The molecule has 1 amide bonds. The molecule has 0 saturated heterocycles. The Labute approximate surface area is 128 Å². The van der Waals surface area contributed by atoms with Gasteiger partial charge >= 0.3 is 5.97 Å². The summed E-state index contributed by atoms with van der Waals surface area (Å²) < 4.78 is 0. The topological polar surface area (TPSA) is 104 Å². The molecule has 1 aromatic carbocycles. The largest absolute Gasteiger partial charge is 0.480 e. The SMILES string of the molecule is Cc1ccc(Cl)cc1NC(=O)C[C@H](NCCCN)C(=O)O. The zero-order chi connectivity index (χ0) is 15.8. The second kappa shape index (κ2) is 8.61. The van der Waals surface area contributed by atoms with Crippen LogP contribution in [0.25, 0.3) is 0 Å². The highest BCUT2D eigenvalue weighted by atomic mass is 35.5. The maximum Gasteiger partial charge on any atom is 0.321 e. The van der Waals surface area contributed by atoms with Crippen LogP contribution < -0.4 is 16.4 Å². The molecule has 0 aliphatic carbocycles. The summed E-state index contributed by atoms with van der Waals surface area (Å²) in [5, 5.41) is 15.1. The number of benzene rings is 1. The summed E-state index contributed by atoms with van der Waals surface area (Å²) in [6.07, 6.45) is 0.491. The number of hydrogen-bond donors (Lipinski definition) is 4. The number of carboxylic acid groups (broad SMARTS) is 1. The van der Waals surface area contributed by atoms with Crippen LogP contribution in [0.15, 0.2) is 18.2 Å². The van der Waals surface area contributed by atoms with Gasteiger partial charge in [0.1, 0.15) is 6.04 Å². The van der Waals surface area contributed by atoms with E-state index in [1.54, 1.807) is 18.2 Å². The Morgan fingerprint density at radius 1 is 1.43 bits per heavy atom. The van der Waals surface area contributed by atoms with Crippen LogP contribution >= 0.6 is 11.6 Å². The van der Waals surface area contributed by atoms with Crippen molar-refractivity contribution in [2.45, 2.75) is 25.8 Å². The van der Waals surface area contributed by atoms with Gasteiger partial charge in [-0.3, -0.25) is 9.59 Å². The van der Waals surface area contributed by atoms with Gasteiger partial charge in [0.2, 0.25) is 5.91 Å². The Bertz CT molecular complexity index is 508. The van der Waals surface area contributed by atoms with Crippen molar-refractivity contribution < 1.29 is 14.7 Å². The highest BCUT2D eigenvalue weighted by molar-refractivity contribution is 6.31. The number of carbonyl (C=O) groups is 2. The number of rotatable bonds is 8. The first kappa shape index (κ1) is 17.4. The zero-order valence-electron chi connectivity index (χ0n) is 11.9. The number of carboxylic acids is 1. The van der Waals surface area contributed by atoms with Crippen molar-refractivity contribution >= 4 is 29.2 Å². The van der Waals surface area contributed by atoms with Gasteiger partial charge in [-0.25, -0.2) is 0 Å². The fraction of sp³-hybridized carbons (Fsp3) is 0.429. The van der Waals surface area contributed by atoms with Crippen LogP contribution in [0, 0.1) is 6.92 Å². The molecular formula is C14H20ClN3O3. The Morgan fingerprint density at radius 2 is 2.14 bits per heavy atom. The first-order chi connectivity index (χ1) is 9.93. The highest BCUT2D eigenvalue weighted by Crippen LogP contribution is 2.20. The van der Waals surface area contributed by atoms with Crippen LogP contribution in [0.3, 0.4) is 0 Å². The molecule has 116 valence electrons. The minimum Gasteiger partial charge on any atom is -0.480 e. The second-order valence-electron chi connectivity index (χ2n) is 4.70. The van der Waals surface area contributed by atoms with Gasteiger partial charge in [-0.2, -0.15) is 0 Å². The Kier molecular flexibility index (Phi) is 7.14. The summed E-state index contributed by atoms with van der Waals surface area (Å²) >= 11 is 5.87. The number of anilines is 1. The van der Waals surface area contributed by atoms with Gasteiger partial charge in [0.05, 0.1) is 6.42 Å². The van der Waals surface area contributed by atoms with Gasteiger partial charge in [0, 0.05) is 10.7 Å². The number of aliphatic carboxylic acids is 1. The first-order valence-electron chi connectivity index (χ1n) is 6.66. The smallest absolute Gasteiger partial charge is 0.321 e. The molecule has 21 heavy (non-hydrogen) atoms. The predicted molar refractivity (Wildman–Crippen MR) is 82.5 cm³/mol. The van der Waals surface area contributed by atoms with Crippen molar-refractivity contribution in [3.8, 4) is 0 Å². The lowest BCUT2D eigenvalue weighted by atomic mass is 10.1. The average Bonchev–Trinajstić information content (AvgIpc) is 2.42. The van der Waals surface area contributed by atoms with E-state index < -0.39 is 12.0 Å². The van der Waals surface area contributed by atoms with Gasteiger partial charge in [-0.15, -0.1) is 0 Å². The molecule has 0 radical (unpaired) electrons. The predicted octanol–water partition coefficient (Wildman–Crippen LogP) is 1.37. The van der Waals surface area contributed by atoms with Crippen LogP contribution in [0.1, 0.15) is 18.4 Å². The maximum atomic E-state index is 11.9. The Hall–Kier alpha value is -1.63. The van der Waals surface area contributed by atoms with Gasteiger partial charge in [-0.1, -0.05) is 17.7 Å². The minimum atomic E-state index is -1.06. The van der Waals surface area contributed by atoms with E-state index >= 15 is 0 Å². The molecule has 1 aromatic rings. The molecule has 1 atom stereocenters. The van der Waals surface area contributed by atoms with Crippen LogP contribution in [0.5, 0.6) is 0 Å². The highest BCUT2D eigenvalue weighted by Gasteiger charge is 2.20. The maximum absolute atomic E-state index is 11.9. The molecule has 0 unspecified atom stereocenters. The lowest BCUT2D eigenvalue weighted by Crippen LogP contribution is -2.40. The van der Waals surface area contributed by atoms with E-state index in [1.165, 1.54) is 0 Å². The van der Waals surface area contributed by atoms with Gasteiger partial charge in [-0.05, 0) is 44.1 Å². The van der Waals surface area contributed by atoms with Gasteiger partial charge < -0.3 is 21.5 Å². The summed E-state index contributed by atoms with van der Waals surface area (Å²) in [7, 11) is 0. The van der Waals surface area contributed by atoms with E-state index in [-0.39, 0.29) is 12.3 Å². The minimum absolute atomic E-state index is 0.161. The summed E-state index contributed by atoms with van der Waals surface area (Å²) in [4.78, 5) is 23.0. The van der Waals surface area contributed by atoms with Crippen LogP contribution in [-0.4, -0.2) is 36.1 Å². The van der Waals surface area contributed by atoms with E-state index in [2.05, 4.69) is 10.6 Å². The van der Waals surface area contributed by atoms with Crippen molar-refractivity contribution in [3.63, 3.8) is 0 Å². The second-order valence-corrected chi connectivity index (χ2v) is 5.14. The lowest BCUT2D eigenvalue weighted by molar-refractivity contribution is -0.141. The van der Waals surface area contributed by atoms with Crippen molar-refractivity contribution in [2.24, 2.45) is 5.73 Å². The zero-order valence-corrected chi connectivity index (χ0v) is 12.6. The summed E-state index contributed by atoms with van der Waals surface area (Å²) in [6.45, 7) is 2.75. The molecule has 0 aliphatic heterocycles. The number of nitrogens with two attached hydrogens (primary N) is 1. The number of aryl methyl sites for hydroxylation is 1. The molecule has 6 nitrogen and oxygen atoms in total. The van der Waals surface area contributed by atoms with Crippen molar-refractivity contribution in [2.75, 3.05) is 18.4 Å². The van der Waals surface area contributed by atoms with Gasteiger partial charge in [0.15, 0.2) is 0 Å². The van der Waals surface area contributed by atoms with E-state index in [4.69, 9.17) is 22.4 Å².